The fourth-order valence-electron chi connectivity index (χ4n) is 2.45. The molecule has 0 aromatic heterocycles. The first-order chi connectivity index (χ1) is 9.27. The minimum atomic E-state index is 0.886. The Morgan fingerprint density at radius 2 is 1.11 bits per heavy atom. The van der Waals surface area contributed by atoms with Crippen LogP contribution in [0.25, 0.3) is 0 Å². The molecule has 0 saturated carbocycles. The van der Waals surface area contributed by atoms with Crippen molar-refractivity contribution in [2.45, 2.75) is 104 Å². The maximum atomic E-state index is 2.41. The van der Waals surface area contributed by atoms with E-state index in [9.17, 15) is 0 Å². The van der Waals surface area contributed by atoms with Gasteiger partial charge in [0.25, 0.3) is 0 Å². The molecule has 0 radical (unpaired) electrons. The zero-order chi connectivity index (χ0) is 14.2. The molecule has 0 aromatic rings. The van der Waals surface area contributed by atoms with Gasteiger partial charge >= 0.3 is 0 Å². The Labute approximate surface area is 123 Å². The van der Waals surface area contributed by atoms with Crippen molar-refractivity contribution in [3.63, 3.8) is 0 Å². The van der Waals surface area contributed by atoms with Gasteiger partial charge < -0.3 is 0 Å². The van der Waals surface area contributed by atoms with Gasteiger partial charge in [0.05, 0.1) is 0 Å². The summed E-state index contributed by atoms with van der Waals surface area (Å²) < 4.78 is 0. The van der Waals surface area contributed by atoms with Gasteiger partial charge in [0.1, 0.15) is 0 Å². The third-order valence-corrected chi connectivity index (χ3v) is 3.79. The van der Waals surface area contributed by atoms with Crippen LogP contribution in [-0.4, -0.2) is 0 Å². The minimum Gasteiger partial charge on any atom is -0.0885 e. The maximum Gasteiger partial charge on any atom is -0.0351 e. The highest BCUT2D eigenvalue weighted by molar-refractivity contribution is 4.81. The minimum absolute atomic E-state index is 0.886. The van der Waals surface area contributed by atoms with E-state index in [-0.39, 0.29) is 0 Å². The van der Waals surface area contributed by atoms with Gasteiger partial charge in [-0.15, -0.1) is 0 Å². The summed E-state index contributed by atoms with van der Waals surface area (Å²) in [6.45, 7) is 6.93. The average molecular weight is 267 g/mol. The van der Waals surface area contributed by atoms with Gasteiger partial charge in [-0.05, 0) is 31.6 Å². The van der Waals surface area contributed by atoms with Gasteiger partial charge in [0, 0.05) is 0 Å². The van der Waals surface area contributed by atoms with Crippen molar-refractivity contribution in [2.75, 3.05) is 0 Å². The van der Waals surface area contributed by atoms with Gasteiger partial charge in [-0.25, -0.2) is 0 Å². The fraction of sp³-hybridized carbons (Fsp3) is 0.895. The summed E-state index contributed by atoms with van der Waals surface area (Å²) in [7, 11) is 0. The summed E-state index contributed by atoms with van der Waals surface area (Å²) in [6.07, 6.45) is 23.0. The van der Waals surface area contributed by atoms with Gasteiger partial charge in [-0.2, -0.15) is 0 Å². The highest BCUT2D eigenvalue weighted by Gasteiger charge is 1.93. The molecule has 0 bridgehead atoms. The lowest BCUT2D eigenvalue weighted by Crippen LogP contribution is -1.86. The van der Waals surface area contributed by atoms with E-state index in [1.165, 1.54) is 83.5 Å². The Bertz CT molecular complexity index is 178. The van der Waals surface area contributed by atoms with E-state index in [4.69, 9.17) is 0 Å². The van der Waals surface area contributed by atoms with E-state index >= 15 is 0 Å². The average Bonchev–Trinajstić information content (AvgIpc) is 2.39. The first-order valence-electron chi connectivity index (χ1n) is 8.92. The molecule has 0 fully saturated rings. The molecule has 19 heavy (non-hydrogen) atoms. The smallest absolute Gasteiger partial charge is 0.0351 e. The van der Waals surface area contributed by atoms with E-state index in [1.54, 1.807) is 0 Å². The lowest BCUT2D eigenvalue weighted by atomic mass is 10.0. The second-order valence-corrected chi connectivity index (χ2v) is 6.41. The summed E-state index contributed by atoms with van der Waals surface area (Å²) in [4.78, 5) is 0. The molecule has 0 heterocycles. The SMILES string of the molecule is CCCCCCCC/C=C/CCCCCCC(C)C. The van der Waals surface area contributed by atoms with Crippen LogP contribution in [0.2, 0.25) is 0 Å². The van der Waals surface area contributed by atoms with E-state index in [0.29, 0.717) is 0 Å². The molecule has 0 aromatic carbocycles. The molecule has 0 aliphatic rings. The standard InChI is InChI=1S/C19H38/c1-4-5-6-7-8-9-10-11-12-13-14-15-16-17-18-19(2)3/h11-12,19H,4-10,13-18H2,1-3H3/b12-11+. The van der Waals surface area contributed by atoms with Gasteiger partial charge in [0.15, 0.2) is 0 Å². The molecule has 0 heteroatoms. The molecule has 0 amide bonds. The number of unbranched alkanes of at least 4 members (excludes halogenated alkanes) is 10. The van der Waals surface area contributed by atoms with Crippen LogP contribution >= 0.6 is 0 Å². The fourth-order valence-corrected chi connectivity index (χ4v) is 2.45. The zero-order valence-electron chi connectivity index (χ0n) is 13.9. The highest BCUT2D eigenvalue weighted by atomic mass is 14.0. The molecule has 0 saturated heterocycles. The Morgan fingerprint density at radius 1 is 0.632 bits per heavy atom. The molecule has 0 aliphatic heterocycles. The van der Waals surface area contributed by atoms with Gasteiger partial charge in [-0.1, -0.05) is 90.7 Å². The van der Waals surface area contributed by atoms with Crippen LogP contribution in [0.4, 0.5) is 0 Å². The van der Waals surface area contributed by atoms with Crippen LogP contribution in [-0.2, 0) is 0 Å². The van der Waals surface area contributed by atoms with Crippen molar-refractivity contribution in [1.82, 2.24) is 0 Å². The number of hydrogen-bond acceptors (Lipinski definition) is 0. The van der Waals surface area contributed by atoms with Crippen molar-refractivity contribution in [3.05, 3.63) is 12.2 Å². The predicted molar refractivity (Wildman–Crippen MR) is 89.7 cm³/mol. The van der Waals surface area contributed by atoms with Crippen molar-refractivity contribution >= 4 is 0 Å². The van der Waals surface area contributed by atoms with Crippen molar-refractivity contribution < 1.29 is 0 Å². The molecular formula is C19H38. The van der Waals surface area contributed by atoms with E-state index in [0.717, 1.165) is 5.92 Å². The maximum absolute atomic E-state index is 2.41. The molecule has 0 atom stereocenters. The number of allylic oxidation sites excluding steroid dienone is 2. The summed E-state index contributed by atoms with van der Waals surface area (Å²) in [5.41, 5.74) is 0. The summed E-state index contributed by atoms with van der Waals surface area (Å²) in [5.74, 6) is 0.886. The molecule has 0 spiro atoms. The predicted octanol–water partition coefficient (Wildman–Crippen LogP) is 7.29. The van der Waals surface area contributed by atoms with Crippen molar-refractivity contribution in [1.29, 1.82) is 0 Å². The molecular weight excluding hydrogens is 228 g/mol. The van der Waals surface area contributed by atoms with Gasteiger partial charge in [0.2, 0.25) is 0 Å². The molecule has 0 N–H and O–H groups in total. The molecule has 0 rings (SSSR count). The Balaban J connectivity index is 3.05. The second kappa shape index (κ2) is 15.8. The topological polar surface area (TPSA) is 0 Å². The van der Waals surface area contributed by atoms with E-state index in [2.05, 4.69) is 32.9 Å². The van der Waals surface area contributed by atoms with Crippen LogP contribution in [0.15, 0.2) is 12.2 Å². The Hall–Kier alpha value is -0.260. The highest BCUT2D eigenvalue weighted by Crippen LogP contribution is 2.11. The quantitative estimate of drug-likeness (QED) is 0.229. The summed E-state index contributed by atoms with van der Waals surface area (Å²) in [6, 6.07) is 0. The number of rotatable bonds is 14. The van der Waals surface area contributed by atoms with Gasteiger partial charge in [-0.3, -0.25) is 0 Å². The van der Waals surface area contributed by atoms with E-state index in [1.807, 2.05) is 0 Å². The van der Waals surface area contributed by atoms with Crippen LogP contribution in [0.5, 0.6) is 0 Å². The summed E-state index contributed by atoms with van der Waals surface area (Å²) in [5, 5.41) is 0. The lowest BCUT2D eigenvalue weighted by Gasteiger charge is -2.03. The van der Waals surface area contributed by atoms with Crippen LogP contribution in [0, 0.1) is 5.92 Å². The van der Waals surface area contributed by atoms with Crippen molar-refractivity contribution in [3.8, 4) is 0 Å². The van der Waals surface area contributed by atoms with E-state index < -0.39 is 0 Å². The second-order valence-electron chi connectivity index (χ2n) is 6.41. The first-order valence-corrected chi connectivity index (χ1v) is 8.92. The molecule has 0 unspecified atom stereocenters. The third-order valence-electron chi connectivity index (χ3n) is 3.79. The largest absolute Gasteiger partial charge is 0.0885 e. The Morgan fingerprint density at radius 3 is 1.63 bits per heavy atom. The molecule has 0 aliphatic carbocycles. The third kappa shape index (κ3) is 17.7. The lowest BCUT2D eigenvalue weighted by molar-refractivity contribution is 0.521. The van der Waals surface area contributed by atoms with Crippen LogP contribution < -0.4 is 0 Å². The zero-order valence-corrected chi connectivity index (χ0v) is 13.9. The monoisotopic (exact) mass is 266 g/mol. The first kappa shape index (κ1) is 18.7. The number of hydrogen-bond donors (Lipinski definition) is 0. The summed E-state index contributed by atoms with van der Waals surface area (Å²) >= 11 is 0. The Kier molecular flexibility index (Phi) is 15.6. The van der Waals surface area contributed by atoms with Crippen LogP contribution in [0.1, 0.15) is 104 Å². The van der Waals surface area contributed by atoms with Crippen molar-refractivity contribution in [2.24, 2.45) is 5.92 Å². The molecule has 114 valence electrons. The van der Waals surface area contributed by atoms with Crippen LogP contribution in [0.3, 0.4) is 0 Å². The molecule has 0 nitrogen and oxygen atoms in total. The normalized spacial score (nSPS) is 11.8.